The fourth-order valence-corrected chi connectivity index (χ4v) is 2.06. The van der Waals surface area contributed by atoms with Crippen molar-refractivity contribution in [2.75, 3.05) is 0 Å². The van der Waals surface area contributed by atoms with E-state index in [-0.39, 0.29) is 36.9 Å². The summed E-state index contributed by atoms with van der Waals surface area (Å²) < 4.78 is 21.3. The Kier molecular flexibility index (Phi) is 1.45. The van der Waals surface area contributed by atoms with Gasteiger partial charge in [-0.2, -0.15) is 0 Å². The van der Waals surface area contributed by atoms with Crippen LogP contribution in [0, 0.1) is 0 Å². The molecule has 3 aliphatic rings. The molecular formula is C8H10O5. The Morgan fingerprint density at radius 1 is 1.23 bits per heavy atom. The van der Waals surface area contributed by atoms with Crippen molar-refractivity contribution < 1.29 is 23.7 Å². The molecule has 5 nitrogen and oxygen atoms in total. The van der Waals surface area contributed by atoms with Crippen LogP contribution in [0.5, 0.6) is 0 Å². The third kappa shape index (κ3) is 1.01. The Balaban J connectivity index is 1.81. The van der Waals surface area contributed by atoms with Crippen LogP contribution in [0.3, 0.4) is 0 Å². The molecule has 0 N–H and O–H groups in total. The molecule has 0 aromatic carbocycles. The topological polar surface area (TPSA) is 54.0 Å². The monoisotopic (exact) mass is 186 g/mol. The number of hydrogen-bond donors (Lipinski definition) is 0. The normalized spacial score (nSPS) is 53.3. The van der Waals surface area contributed by atoms with Crippen LogP contribution < -0.4 is 0 Å². The highest BCUT2D eigenvalue weighted by atomic mass is 16.8. The summed E-state index contributed by atoms with van der Waals surface area (Å²) in [6.45, 7) is 1.80. The van der Waals surface area contributed by atoms with Crippen LogP contribution in [0.25, 0.3) is 0 Å². The largest absolute Gasteiger partial charge is 0.456 e. The highest BCUT2D eigenvalue weighted by molar-refractivity contribution is 5.73. The van der Waals surface area contributed by atoms with Crippen LogP contribution in [0.1, 0.15) is 13.3 Å². The summed E-state index contributed by atoms with van der Waals surface area (Å²) in [5.74, 6) is -0.211. The van der Waals surface area contributed by atoms with Crippen LogP contribution in [-0.4, -0.2) is 36.9 Å². The highest BCUT2D eigenvalue weighted by Gasteiger charge is 2.56. The van der Waals surface area contributed by atoms with Gasteiger partial charge < -0.3 is 18.9 Å². The van der Waals surface area contributed by atoms with Crippen molar-refractivity contribution in [2.24, 2.45) is 0 Å². The van der Waals surface area contributed by atoms with Gasteiger partial charge in [-0.25, -0.2) is 0 Å². The number of carbonyl (C=O) groups excluding carboxylic acids is 1. The lowest BCUT2D eigenvalue weighted by Gasteiger charge is -2.12. The average molecular weight is 186 g/mol. The third-order valence-corrected chi connectivity index (χ3v) is 2.58. The minimum atomic E-state index is -0.349. The molecule has 0 spiro atoms. The maximum absolute atomic E-state index is 10.9. The van der Waals surface area contributed by atoms with Gasteiger partial charge in [0, 0.05) is 0 Å². The third-order valence-electron chi connectivity index (χ3n) is 2.58. The van der Waals surface area contributed by atoms with Crippen LogP contribution >= 0.6 is 0 Å². The first-order valence-corrected chi connectivity index (χ1v) is 4.40. The van der Waals surface area contributed by atoms with E-state index in [0.29, 0.717) is 6.42 Å². The zero-order chi connectivity index (χ0) is 9.00. The molecule has 0 amide bonds. The van der Waals surface area contributed by atoms with Gasteiger partial charge in [-0.1, -0.05) is 0 Å². The summed E-state index contributed by atoms with van der Waals surface area (Å²) >= 11 is 0. The van der Waals surface area contributed by atoms with Gasteiger partial charge in [-0.05, 0) is 6.92 Å². The molecule has 3 aliphatic heterocycles. The number of esters is 1. The molecule has 72 valence electrons. The van der Waals surface area contributed by atoms with Gasteiger partial charge >= 0.3 is 5.97 Å². The molecule has 0 bridgehead atoms. The van der Waals surface area contributed by atoms with E-state index in [4.69, 9.17) is 18.9 Å². The molecule has 3 heterocycles. The molecule has 5 atom stereocenters. The molecule has 5 heteroatoms. The zero-order valence-electron chi connectivity index (χ0n) is 7.14. The van der Waals surface area contributed by atoms with Gasteiger partial charge in [0.25, 0.3) is 0 Å². The zero-order valence-corrected chi connectivity index (χ0v) is 7.14. The Morgan fingerprint density at radius 2 is 2.08 bits per heavy atom. The van der Waals surface area contributed by atoms with Crippen LogP contribution in [0.2, 0.25) is 0 Å². The molecule has 5 unspecified atom stereocenters. The minimum Gasteiger partial charge on any atom is -0.456 e. The SMILES string of the molecule is CC1OC2OC3CC(=O)OC3C2O1. The van der Waals surface area contributed by atoms with E-state index in [1.807, 2.05) is 0 Å². The number of ether oxygens (including phenoxy) is 4. The van der Waals surface area contributed by atoms with Crippen LogP contribution in [0.15, 0.2) is 0 Å². The number of rotatable bonds is 0. The first-order valence-electron chi connectivity index (χ1n) is 4.40. The maximum Gasteiger partial charge on any atom is 0.309 e. The first-order chi connectivity index (χ1) is 6.24. The van der Waals surface area contributed by atoms with Crippen LogP contribution in [0.4, 0.5) is 0 Å². The van der Waals surface area contributed by atoms with E-state index < -0.39 is 0 Å². The molecular weight excluding hydrogens is 176 g/mol. The quantitative estimate of drug-likeness (QED) is 0.490. The molecule has 3 fully saturated rings. The molecule has 3 saturated heterocycles. The molecule has 0 aromatic rings. The van der Waals surface area contributed by atoms with Gasteiger partial charge in [0.1, 0.15) is 6.10 Å². The maximum atomic E-state index is 10.9. The highest BCUT2D eigenvalue weighted by Crippen LogP contribution is 2.38. The van der Waals surface area contributed by atoms with Crippen LogP contribution in [-0.2, 0) is 23.7 Å². The van der Waals surface area contributed by atoms with Crippen molar-refractivity contribution in [2.45, 2.75) is 44.2 Å². The summed E-state index contributed by atoms with van der Waals surface area (Å²) in [6, 6.07) is 0. The van der Waals surface area contributed by atoms with Gasteiger partial charge in [0.05, 0.1) is 6.42 Å². The van der Waals surface area contributed by atoms with E-state index >= 15 is 0 Å². The second-order valence-electron chi connectivity index (χ2n) is 3.51. The minimum absolute atomic E-state index is 0.171. The van der Waals surface area contributed by atoms with Gasteiger partial charge in [0.2, 0.25) is 0 Å². The van der Waals surface area contributed by atoms with Crippen molar-refractivity contribution in [1.29, 1.82) is 0 Å². The lowest BCUT2D eigenvalue weighted by atomic mass is 10.1. The number of carbonyl (C=O) groups is 1. The van der Waals surface area contributed by atoms with Crippen molar-refractivity contribution in [3.05, 3.63) is 0 Å². The predicted octanol–water partition coefficient (Wildman–Crippen LogP) is -0.212. The molecule has 0 aromatic heterocycles. The molecule has 0 saturated carbocycles. The van der Waals surface area contributed by atoms with Crippen molar-refractivity contribution in [3.63, 3.8) is 0 Å². The summed E-state index contributed by atoms with van der Waals surface area (Å²) in [5.41, 5.74) is 0. The number of fused-ring (bicyclic) bond motifs is 3. The van der Waals surface area contributed by atoms with E-state index in [2.05, 4.69) is 0 Å². The lowest BCUT2D eigenvalue weighted by Crippen LogP contribution is -2.30. The second kappa shape index (κ2) is 2.43. The molecule has 0 radical (unpaired) electrons. The van der Waals surface area contributed by atoms with Crippen molar-refractivity contribution in [3.8, 4) is 0 Å². The Labute approximate surface area is 74.9 Å². The van der Waals surface area contributed by atoms with E-state index in [0.717, 1.165) is 0 Å². The van der Waals surface area contributed by atoms with E-state index in [1.54, 1.807) is 6.92 Å². The van der Waals surface area contributed by atoms with Gasteiger partial charge in [-0.15, -0.1) is 0 Å². The van der Waals surface area contributed by atoms with Crippen molar-refractivity contribution in [1.82, 2.24) is 0 Å². The molecule has 3 rings (SSSR count). The summed E-state index contributed by atoms with van der Waals surface area (Å²) in [7, 11) is 0. The fourth-order valence-electron chi connectivity index (χ4n) is 2.06. The lowest BCUT2D eigenvalue weighted by molar-refractivity contribution is -0.153. The Hall–Kier alpha value is -0.650. The molecule has 13 heavy (non-hydrogen) atoms. The van der Waals surface area contributed by atoms with Gasteiger partial charge in [0.15, 0.2) is 24.8 Å². The van der Waals surface area contributed by atoms with Gasteiger partial charge in [-0.3, -0.25) is 4.79 Å². The number of hydrogen-bond acceptors (Lipinski definition) is 5. The Morgan fingerprint density at radius 3 is 2.92 bits per heavy atom. The van der Waals surface area contributed by atoms with E-state index in [1.165, 1.54) is 0 Å². The summed E-state index contributed by atoms with van der Waals surface area (Å²) in [6.07, 6.45) is -0.962. The smallest absolute Gasteiger partial charge is 0.309 e. The standard InChI is InChI=1S/C8H10O5/c1-3-10-7-6-4(2-5(9)13-6)12-8(7)11-3/h3-4,6-8H,2H2,1H3. The van der Waals surface area contributed by atoms with Crippen molar-refractivity contribution >= 4 is 5.97 Å². The molecule has 0 aliphatic carbocycles. The van der Waals surface area contributed by atoms with E-state index in [9.17, 15) is 4.79 Å². The first kappa shape index (κ1) is 7.73. The predicted molar refractivity (Wildman–Crippen MR) is 38.6 cm³/mol. The second-order valence-corrected chi connectivity index (χ2v) is 3.51. The summed E-state index contributed by atoms with van der Waals surface area (Å²) in [5, 5.41) is 0. The average Bonchev–Trinajstić information content (AvgIpc) is 2.60. The Bertz CT molecular complexity index is 253. The fraction of sp³-hybridized carbons (Fsp3) is 0.875. The summed E-state index contributed by atoms with van der Waals surface area (Å²) in [4.78, 5) is 10.9.